The highest BCUT2D eigenvalue weighted by atomic mass is 16.6. The van der Waals surface area contributed by atoms with Crippen molar-refractivity contribution in [3.63, 3.8) is 0 Å². The van der Waals surface area contributed by atoms with Crippen LogP contribution in [0.2, 0.25) is 0 Å². The number of carbonyl (C=O) groups is 2. The summed E-state index contributed by atoms with van der Waals surface area (Å²) < 4.78 is 4.83. The number of rotatable bonds is 3. The minimum absolute atomic E-state index is 0.121. The number of amides is 2. The number of nitrogens with one attached hydrogen (secondary N) is 1. The van der Waals surface area contributed by atoms with Crippen LogP contribution in [0.4, 0.5) is 4.79 Å². The number of hydrogen-bond donors (Lipinski definition) is 1. The molecule has 0 aromatic rings. The maximum Gasteiger partial charge on any atom is 0.407 e. The molecule has 0 aromatic heterocycles. The maximum absolute atomic E-state index is 11.7. The van der Waals surface area contributed by atoms with Crippen molar-refractivity contribution < 1.29 is 14.3 Å². The third kappa shape index (κ3) is 3.94. The molecule has 0 bridgehead atoms. The Morgan fingerprint density at radius 3 is 2.88 bits per heavy atom. The Bertz CT molecular complexity index is 335. The van der Waals surface area contributed by atoms with E-state index in [2.05, 4.69) is 11.4 Å². The standard InChI is InChI=1S/C11H17N3O3/c1-8(2)17-11(16)13-7-10(15)14-5-3-4-9(14)6-12/h8-9H,3-5,7H2,1-2H3,(H,13,16). The summed E-state index contributed by atoms with van der Waals surface area (Å²) in [5.41, 5.74) is 0. The summed E-state index contributed by atoms with van der Waals surface area (Å²) in [4.78, 5) is 24.4. The van der Waals surface area contributed by atoms with E-state index in [4.69, 9.17) is 10.00 Å². The van der Waals surface area contributed by atoms with E-state index in [9.17, 15) is 9.59 Å². The van der Waals surface area contributed by atoms with E-state index in [1.807, 2.05) is 0 Å². The summed E-state index contributed by atoms with van der Waals surface area (Å²) in [6, 6.07) is 1.72. The highest BCUT2D eigenvalue weighted by Crippen LogP contribution is 2.15. The molecule has 0 aliphatic carbocycles. The van der Waals surface area contributed by atoms with E-state index in [1.54, 1.807) is 13.8 Å². The molecule has 1 aliphatic rings. The fourth-order valence-corrected chi connectivity index (χ4v) is 1.70. The Balaban J connectivity index is 2.35. The average Bonchev–Trinajstić information content (AvgIpc) is 2.72. The molecule has 94 valence electrons. The monoisotopic (exact) mass is 239 g/mol. The van der Waals surface area contributed by atoms with Crippen molar-refractivity contribution in [1.82, 2.24) is 10.2 Å². The van der Waals surface area contributed by atoms with E-state index in [0.717, 1.165) is 6.42 Å². The zero-order valence-corrected chi connectivity index (χ0v) is 10.1. The number of nitrogens with zero attached hydrogens (tertiary/aromatic N) is 2. The average molecular weight is 239 g/mol. The summed E-state index contributed by atoms with van der Waals surface area (Å²) in [6.07, 6.45) is 0.712. The molecule has 0 radical (unpaired) electrons. The lowest BCUT2D eigenvalue weighted by atomic mass is 10.2. The molecular formula is C11H17N3O3. The Morgan fingerprint density at radius 1 is 1.59 bits per heavy atom. The van der Waals surface area contributed by atoms with Crippen LogP contribution >= 0.6 is 0 Å². The third-order valence-corrected chi connectivity index (χ3v) is 2.45. The van der Waals surface area contributed by atoms with Gasteiger partial charge in [0.2, 0.25) is 5.91 Å². The predicted molar refractivity (Wildman–Crippen MR) is 60.0 cm³/mol. The molecule has 1 aliphatic heterocycles. The van der Waals surface area contributed by atoms with E-state index in [0.29, 0.717) is 13.0 Å². The van der Waals surface area contributed by atoms with Crippen molar-refractivity contribution in [2.24, 2.45) is 0 Å². The van der Waals surface area contributed by atoms with Gasteiger partial charge in [0.1, 0.15) is 12.6 Å². The topological polar surface area (TPSA) is 82.4 Å². The number of nitriles is 1. The quantitative estimate of drug-likeness (QED) is 0.783. The van der Waals surface area contributed by atoms with Gasteiger partial charge >= 0.3 is 6.09 Å². The predicted octanol–water partition coefficient (Wildman–Crippen LogP) is 0.636. The molecule has 1 saturated heterocycles. The molecule has 1 heterocycles. The molecule has 6 heteroatoms. The summed E-state index contributed by atoms with van der Waals surface area (Å²) in [5.74, 6) is -0.241. The number of likely N-dealkylation sites (tertiary alicyclic amines) is 1. The lowest BCUT2D eigenvalue weighted by molar-refractivity contribution is -0.130. The Hall–Kier alpha value is -1.77. The van der Waals surface area contributed by atoms with Crippen molar-refractivity contribution >= 4 is 12.0 Å². The second-order valence-corrected chi connectivity index (χ2v) is 4.18. The van der Waals surface area contributed by atoms with Crippen LogP contribution in [0.15, 0.2) is 0 Å². The number of ether oxygens (including phenoxy) is 1. The number of hydrogen-bond acceptors (Lipinski definition) is 4. The third-order valence-electron chi connectivity index (χ3n) is 2.45. The highest BCUT2D eigenvalue weighted by Gasteiger charge is 2.28. The van der Waals surface area contributed by atoms with Gasteiger partial charge in [-0.15, -0.1) is 0 Å². The molecule has 6 nitrogen and oxygen atoms in total. The van der Waals surface area contributed by atoms with E-state index in [-0.39, 0.29) is 24.6 Å². The van der Waals surface area contributed by atoms with E-state index >= 15 is 0 Å². The summed E-state index contributed by atoms with van der Waals surface area (Å²) in [7, 11) is 0. The van der Waals surface area contributed by atoms with Gasteiger partial charge in [0.05, 0.1) is 12.2 Å². The van der Waals surface area contributed by atoms with Gasteiger partial charge < -0.3 is 15.0 Å². The van der Waals surface area contributed by atoms with Crippen LogP contribution in [0.25, 0.3) is 0 Å². The van der Waals surface area contributed by atoms with Crippen LogP contribution in [-0.2, 0) is 9.53 Å². The van der Waals surface area contributed by atoms with Crippen LogP contribution < -0.4 is 5.32 Å². The van der Waals surface area contributed by atoms with Crippen molar-refractivity contribution in [2.75, 3.05) is 13.1 Å². The molecule has 1 fully saturated rings. The van der Waals surface area contributed by atoms with Crippen LogP contribution in [0.5, 0.6) is 0 Å². The van der Waals surface area contributed by atoms with Crippen LogP contribution in [0, 0.1) is 11.3 Å². The molecule has 1 rings (SSSR count). The Labute approximate surface area is 101 Å². The molecule has 1 N–H and O–H groups in total. The van der Waals surface area contributed by atoms with Gasteiger partial charge in [-0.3, -0.25) is 4.79 Å². The van der Waals surface area contributed by atoms with Crippen molar-refractivity contribution in [3.05, 3.63) is 0 Å². The zero-order valence-electron chi connectivity index (χ0n) is 10.1. The second-order valence-electron chi connectivity index (χ2n) is 4.18. The van der Waals surface area contributed by atoms with Crippen molar-refractivity contribution in [1.29, 1.82) is 5.26 Å². The van der Waals surface area contributed by atoms with Gasteiger partial charge in [0, 0.05) is 6.54 Å². The van der Waals surface area contributed by atoms with Crippen molar-refractivity contribution in [2.45, 2.75) is 38.8 Å². The maximum atomic E-state index is 11.7. The van der Waals surface area contributed by atoms with Gasteiger partial charge in [-0.05, 0) is 26.7 Å². The molecule has 0 spiro atoms. The molecule has 1 unspecified atom stereocenters. The Kier molecular flexibility index (Phi) is 4.76. The number of alkyl carbamates (subject to hydrolysis) is 1. The minimum Gasteiger partial charge on any atom is -0.447 e. The zero-order chi connectivity index (χ0) is 12.8. The summed E-state index contributed by atoms with van der Waals surface area (Å²) in [6.45, 7) is 3.92. The largest absolute Gasteiger partial charge is 0.447 e. The fraction of sp³-hybridized carbons (Fsp3) is 0.727. The molecule has 2 amide bonds. The van der Waals surface area contributed by atoms with Gasteiger partial charge in [0.25, 0.3) is 0 Å². The summed E-state index contributed by atoms with van der Waals surface area (Å²) in [5, 5.41) is 11.2. The van der Waals surface area contributed by atoms with Gasteiger partial charge in [-0.1, -0.05) is 0 Å². The molecule has 0 aromatic carbocycles. The SMILES string of the molecule is CC(C)OC(=O)NCC(=O)N1CCCC1C#N. The van der Waals surface area contributed by atoms with Crippen LogP contribution in [-0.4, -0.2) is 42.1 Å². The highest BCUT2D eigenvalue weighted by molar-refractivity contribution is 5.83. The normalized spacial score (nSPS) is 18.9. The summed E-state index contributed by atoms with van der Waals surface area (Å²) >= 11 is 0. The molecule has 17 heavy (non-hydrogen) atoms. The van der Waals surface area contributed by atoms with E-state index < -0.39 is 6.09 Å². The Morgan fingerprint density at radius 2 is 2.29 bits per heavy atom. The molecule has 1 atom stereocenters. The molecular weight excluding hydrogens is 222 g/mol. The first-order chi connectivity index (χ1) is 8.04. The lowest BCUT2D eigenvalue weighted by Gasteiger charge is -2.19. The molecule has 0 saturated carbocycles. The second kappa shape index (κ2) is 6.09. The first kappa shape index (κ1) is 13.3. The first-order valence-corrected chi connectivity index (χ1v) is 5.68. The van der Waals surface area contributed by atoms with Gasteiger partial charge in [0.15, 0.2) is 0 Å². The van der Waals surface area contributed by atoms with Crippen molar-refractivity contribution in [3.8, 4) is 6.07 Å². The smallest absolute Gasteiger partial charge is 0.407 e. The fourth-order valence-electron chi connectivity index (χ4n) is 1.70. The van der Waals surface area contributed by atoms with Gasteiger partial charge in [-0.2, -0.15) is 5.26 Å². The number of carbonyl (C=O) groups excluding carboxylic acids is 2. The van der Waals surface area contributed by atoms with E-state index in [1.165, 1.54) is 4.90 Å². The van der Waals surface area contributed by atoms with Crippen LogP contribution in [0.3, 0.4) is 0 Å². The van der Waals surface area contributed by atoms with Crippen LogP contribution in [0.1, 0.15) is 26.7 Å². The lowest BCUT2D eigenvalue weighted by Crippen LogP contribution is -2.42. The van der Waals surface area contributed by atoms with Gasteiger partial charge in [-0.25, -0.2) is 4.79 Å². The first-order valence-electron chi connectivity index (χ1n) is 5.68. The minimum atomic E-state index is -0.610.